The van der Waals surface area contributed by atoms with Crippen LogP contribution in [0.5, 0.6) is 0 Å². The van der Waals surface area contributed by atoms with Crippen molar-refractivity contribution < 1.29 is 9.53 Å². The number of nitrogens with zero attached hydrogens (tertiary/aromatic N) is 2. The van der Waals surface area contributed by atoms with Crippen molar-refractivity contribution in [3.05, 3.63) is 18.2 Å². The van der Waals surface area contributed by atoms with Crippen LogP contribution in [-0.2, 0) is 22.6 Å². The number of hydrogen-bond acceptors (Lipinski definition) is 4. The third-order valence-corrected chi connectivity index (χ3v) is 2.26. The van der Waals surface area contributed by atoms with E-state index in [1.165, 1.54) is 0 Å². The highest BCUT2D eigenvalue weighted by molar-refractivity contribution is 5.75. The van der Waals surface area contributed by atoms with Gasteiger partial charge < -0.3 is 9.30 Å². The predicted molar refractivity (Wildman–Crippen MR) is 49.5 cm³/mol. The molecule has 0 saturated heterocycles. The SMILES string of the molecule is CCOC(=O)C1Cn2ccnc2CN1. The Kier molecular flexibility index (Phi) is 2.49. The molecule has 1 aromatic rings. The van der Waals surface area contributed by atoms with Crippen molar-refractivity contribution in [2.45, 2.75) is 26.1 Å². The Bertz CT molecular complexity index is 335. The van der Waals surface area contributed by atoms with Crippen molar-refractivity contribution in [1.82, 2.24) is 14.9 Å². The van der Waals surface area contributed by atoms with Crippen molar-refractivity contribution >= 4 is 5.97 Å². The van der Waals surface area contributed by atoms with Crippen LogP contribution in [0.4, 0.5) is 0 Å². The summed E-state index contributed by atoms with van der Waals surface area (Å²) in [5.74, 6) is 0.775. The molecule has 0 aromatic carbocycles. The molecule has 5 heteroatoms. The Hall–Kier alpha value is -1.36. The number of carbonyl (C=O) groups is 1. The smallest absolute Gasteiger partial charge is 0.325 e. The lowest BCUT2D eigenvalue weighted by Crippen LogP contribution is -2.45. The summed E-state index contributed by atoms with van der Waals surface area (Å²) in [6, 6.07) is -0.239. The number of aromatic nitrogens is 2. The number of nitrogens with one attached hydrogen (secondary N) is 1. The van der Waals surface area contributed by atoms with E-state index in [1.807, 2.05) is 17.7 Å². The molecule has 0 fully saturated rings. The fraction of sp³-hybridized carbons (Fsp3) is 0.556. The molecule has 0 bridgehead atoms. The van der Waals surface area contributed by atoms with Crippen molar-refractivity contribution in [3.63, 3.8) is 0 Å². The van der Waals surface area contributed by atoms with Gasteiger partial charge in [-0.05, 0) is 6.92 Å². The summed E-state index contributed by atoms with van der Waals surface area (Å²) in [5.41, 5.74) is 0. The zero-order valence-corrected chi connectivity index (χ0v) is 8.06. The van der Waals surface area contributed by atoms with Crippen LogP contribution in [0.3, 0.4) is 0 Å². The van der Waals surface area contributed by atoms with Crippen molar-refractivity contribution in [2.75, 3.05) is 6.61 Å². The average molecular weight is 195 g/mol. The Labute approximate surface area is 82.1 Å². The van der Waals surface area contributed by atoms with Crippen LogP contribution in [0.2, 0.25) is 0 Å². The number of ether oxygens (including phenoxy) is 1. The van der Waals surface area contributed by atoms with Crippen LogP contribution in [0, 0.1) is 0 Å². The molecule has 14 heavy (non-hydrogen) atoms. The first kappa shape index (κ1) is 9.21. The highest BCUT2D eigenvalue weighted by atomic mass is 16.5. The highest BCUT2D eigenvalue weighted by Gasteiger charge is 2.24. The van der Waals surface area contributed by atoms with Gasteiger partial charge >= 0.3 is 5.97 Å². The lowest BCUT2D eigenvalue weighted by Gasteiger charge is -2.23. The lowest BCUT2D eigenvalue weighted by atomic mass is 10.2. The number of fused-ring (bicyclic) bond motifs is 1. The molecule has 0 saturated carbocycles. The molecule has 0 radical (unpaired) electrons. The van der Waals surface area contributed by atoms with Gasteiger partial charge in [0.1, 0.15) is 11.9 Å². The lowest BCUT2D eigenvalue weighted by molar-refractivity contribution is -0.146. The maximum atomic E-state index is 11.4. The van der Waals surface area contributed by atoms with Crippen LogP contribution < -0.4 is 5.32 Å². The first-order valence-electron chi connectivity index (χ1n) is 4.71. The standard InChI is InChI=1S/C9H13N3O2/c1-2-14-9(13)7-6-12-4-3-10-8(12)5-11-7/h3-4,7,11H,2,5-6H2,1H3. The minimum absolute atomic E-state index is 0.188. The fourth-order valence-electron chi connectivity index (χ4n) is 1.55. The van der Waals surface area contributed by atoms with E-state index < -0.39 is 0 Å². The topological polar surface area (TPSA) is 56.2 Å². The summed E-state index contributed by atoms with van der Waals surface area (Å²) in [6.07, 6.45) is 3.62. The van der Waals surface area contributed by atoms with Gasteiger partial charge in [-0.25, -0.2) is 4.98 Å². The van der Waals surface area contributed by atoms with Gasteiger partial charge in [0.15, 0.2) is 0 Å². The normalized spacial score (nSPS) is 20.2. The zero-order chi connectivity index (χ0) is 9.97. The monoisotopic (exact) mass is 195 g/mol. The molecule has 1 aliphatic rings. The largest absolute Gasteiger partial charge is 0.465 e. The first-order valence-corrected chi connectivity index (χ1v) is 4.71. The first-order chi connectivity index (χ1) is 6.81. The van der Waals surface area contributed by atoms with Gasteiger partial charge in [0.05, 0.1) is 13.2 Å². The number of hydrogen-bond donors (Lipinski definition) is 1. The molecule has 1 N–H and O–H groups in total. The Morgan fingerprint density at radius 1 is 1.86 bits per heavy atom. The van der Waals surface area contributed by atoms with Gasteiger partial charge in [0.2, 0.25) is 0 Å². The maximum absolute atomic E-state index is 11.4. The second-order valence-corrected chi connectivity index (χ2v) is 3.18. The molecule has 76 valence electrons. The van der Waals surface area contributed by atoms with Gasteiger partial charge in [0, 0.05) is 18.9 Å². The number of carbonyl (C=O) groups excluding carboxylic acids is 1. The summed E-state index contributed by atoms with van der Waals surface area (Å²) < 4.78 is 6.91. The highest BCUT2D eigenvalue weighted by Crippen LogP contribution is 2.07. The van der Waals surface area contributed by atoms with Crippen molar-refractivity contribution in [2.24, 2.45) is 0 Å². The molecule has 1 atom stereocenters. The third-order valence-electron chi connectivity index (χ3n) is 2.26. The van der Waals surface area contributed by atoms with Crippen LogP contribution in [0.1, 0.15) is 12.7 Å². The van der Waals surface area contributed by atoms with E-state index in [9.17, 15) is 4.79 Å². The third kappa shape index (κ3) is 1.63. The van der Waals surface area contributed by atoms with Gasteiger partial charge in [0.25, 0.3) is 0 Å². The van der Waals surface area contributed by atoms with Crippen molar-refractivity contribution in [3.8, 4) is 0 Å². The minimum atomic E-state index is -0.239. The van der Waals surface area contributed by atoms with E-state index in [0.717, 1.165) is 5.82 Å². The molecular formula is C9H13N3O2. The van der Waals surface area contributed by atoms with Gasteiger partial charge in [-0.3, -0.25) is 10.1 Å². The summed E-state index contributed by atoms with van der Waals surface area (Å²) in [6.45, 7) is 3.46. The Morgan fingerprint density at radius 3 is 3.50 bits per heavy atom. The number of imidazole rings is 1. The van der Waals surface area contributed by atoms with Crippen LogP contribution in [0.15, 0.2) is 12.4 Å². The minimum Gasteiger partial charge on any atom is -0.465 e. The van der Waals surface area contributed by atoms with E-state index in [4.69, 9.17) is 4.74 Å². The van der Waals surface area contributed by atoms with E-state index >= 15 is 0 Å². The molecule has 0 amide bonds. The summed E-state index contributed by atoms with van der Waals surface area (Å²) in [7, 11) is 0. The molecule has 1 unspecified atom stereocenters. The van der Waals surface area contributed by atoms with E-state index in [2.05, 4.69) is 10.3 Å². The van der Waals surface area contributed by atoms with E-state index in [0.29, 0.717) is 19.7 Å². The molecule has 1 aliphatic heterocycles. The summed E-state index contributed by atoms with van der Waals surface area (Å²) >= 11 is 0. The molecule has 0 aliphatic carbocycles. The Balaban J connectivity index is 2.04. The predicted octanol–water partition coefficient (Wildman–Crippen LogP) is -0.0820. The molecule has 1 aromatic heterocycles. The van der Waals surface area contributed by atoms with Crippen molar-refractivity contribution in [1.29, 1.82) is 0 Å². The second-order valence-electron chi connectivity index (χ2n) is 3.18. The molecular weight excluding hydrogens is 182 g/mol. The molecule has 0 spiro atoms. The van der Waals surface area contributed by atoms with Crippen LogP contribution >= 0.6 is 0 Å². The van der Waals surface area contributed by atoms with E-state index in [-0.39, 0.29) is 12.0 Å². The summed E-state index contributed by atoms with van der Waals surface area (Å²) in [5, 5.41) is 3.09. The number of rotatable bonds is 2. The van der Waals surface area contributed by atoms with Crippen LogP contribution in [-0.4, -0.2) is 28.2 Å². The molecule has 2 heterocycles. The zero-order valence-electron chi connectivity index (χ0n) is 8.06. The van der Waals surface area contributed by atoms with E-state index in [1.54, 1.807) is 6.20 Å². The molecule has 2 rings (SSSR count). The average Bonchev–Trinajstić information content (AvgIpc) is 2.64. The fourth-order valence-corrected chi connectivity index (χ4v) is 1.55. The van der Waals surface area contributed by atoms with Crippen LogP contribution in [0.25, 0.3) is 0 Å². The maximum Gasteiger partial charge on any atom is 0.325 e. The van der Waals surface area contributed by atoms with Gasteiger partial charge in [-0.1, -0.05) is 0 Å². The second kappa shape index (κ2) is 3.79. The molecule has 5 nitrogen and oxygen atoms in total. The quantitative estimate of drug-likeness (QED) is 0.670. The van der Waals surface area contributed by atoms with Gasteiger partial charge in [-0.2, -0.15) is 0 Å². The Morgan fingerprint density at radius 2 is 2.71 bits per heavy atom. The number of esters is 1. The summed E-state index contributed by atoms with van der Waals surface area (Å²) in [4.78, 5) is 15.6. The van der Waals surface area contributed by atoms with Gasteiger partial charge in [-0.15, -0.1) is 0 Å².